The smallest absolute Gasteiger partial charge is 0.0607 e. The van der Waals surface area contributed by atoms with Crippen LogP contribution in [-0.2, 0) is 13.0 Å². The lowest BCUT2D eigenvalue weighted by Gasteiger charge is -2.27. The second-order valence-electron chi connectivity index (χ2n) is 4.94. The third-order valence-electron chi connectivity index (χ3n) is 3.78. The van der Waals surface area contributed by atoms with Gasteiger partial charge in [-0.2, -0.15) is 0 Å². The van der Waals surface area contributed by atoms with Gasteiger partial charge in [0.1, 0.15) is 0 Å². The van der Waals surface area contributed by atoms with Crippen LogP contribution >= 0.6 is 11.3 Å². The minimum absolute atomic E-state index is 0.481. The van der Waals surface area contributed by atoms with Crippen molar-refractivity contribution in [1.82, 2.24) is 4.90 Å². The number of hydrogen-bond donors (Lipinski definition) is 0. The summed E-state index contributed by atoms with van der Waals surface area (Å²) in [5, 5.41) is 2.13. The van der Waals surface area contributed by atoms with Crippen LogP contribution in [0.1, 0.15) is 28.5 Å². The van der Waals surface area contributed by atoms with Crippen LogP contribution in [-0.4, -0.2) is 11.4 Å². The number of fused-ring (bicyclic) bond motifs is 1. The lowest BCUT2D eigenvalue weighted by atomic mass is 10.1. The van der Waals surface area contributed by atoms with E-state index in [0.29, 0.717) is 6.04 Å². The monoisotopic (exact) mass is 267 g/mol. The summed E-state index contributed by atoms with van der Waals surface area (Å²) in [5.74, 6) is 2.82. The minimum atomic E-state index is 0.481. The molecule has 1 nitrogen and oxygen atoms in total. The molecule has 2 heteroatoms. The minimum Gasteiger partial charge on any atom is -0.280 e. The van der Waals surface area contributed by atoms with Gasteiger partial charge in [0.25, 0.3) is 0 Å². The van der Waals surface area contributed by atoms with Crippen LogP contribution in [0.15, 0.2) is 41.8 Å². The molecule has 0 saturated carbocycles. The van der Waals surface area contributed by atoms with Gasteiger partial charge in [-0.15, -0.1) is 17.8 Å². The summed E-state index contributed by atoms with van der Waals surface area (Å²) in [6.45, 7) is 1.68. The molecule has 96 valence electrons. The fraction of sp³-hybridized carbons (Fsp3) is 0.294. The van der Waals surface area contributed by atoms with Gasteiger partial charge >= 0.3 is 0 Å². The van der Waals surface area contributed by atoms with Crippen molar-refractivity contribution in [2.24, 2.45) is 0 Å². The zero-order chi connectivity index (χ0) is 13.1. The van der Waals surface area contributed by atoms with Crippen LogP contribution in [0.5, 0.6) is 0 Å². The molecular formula is C17H17NS. The lowest BCUT2D eigenvalue weighted by molar-refractivity contribution is 0.215. The zero-order valence-corrected chi connectivity index (χ0v) is 11.7. The predicted octanol–water partition coefficient (Wildman–Crippen LogP) is 3.87. The van der Waals surface area contributed by atoms with Crippen molar-refractivity contribution in [3.05, 3.63) is 57.8 Å². The van der Waals surface area contributed by atoms with E-state index in [0.717, 1.165) is 13.1 Å². The summed E-state index contributed by atoms with van der Waals surface area (Å²) < 4.78 is 0. The number of thiophene rings is 1. The molecule has 1 unspecified atom stereocenters. The summed E-state index contributed by atoms with van der Waals surface area (Å²) in [7, 11) is 0. The summed E-state index contributed by atoms with van der Waals surface area (Å²) in [5.41, 5.74) is 2.95. The van der Waals surface area contributed by atoms with Crippen LogP contribution in [0.2, 0.25) is 0 Å². The quantitative estimate of drug-likeness (QED) is 0.760. The molecule has 0 spiro atoms. The standard InChI is InChI=1S/C17H17NS/c1-2-11-18(13-15-7-5-12-19-15)17-10-9-14-6-3-4-8-16(14)17/h1,3-8,12,17H,9-11,13H2. The third kappa shape index (κ3) is 2.58. The highest BCUT2D eigenvalue weighted by Crippen LogP contribution is 2.36. The molecule has 1 aliphatic rings. The topological polar surface area (TPSA) is 3.24 Å². The fourth-order valence-electron chi connectivity index (χ4n) is 2.91. The highest BCUT2D eigenvalue weighted by molar-refractivity contribution is 7.09. The van der Waals surface area contributed by atoms with E-state index >= 15 is 0 Å². The maximum Gasteiger partial charge on any atom is 0.0607 e. The zero-order valence-electron chi connectivity index (χ0n) is 10.9. The molecule has 0 N–H and O–H groups in total. The SMILES string of the molecule is C#CCN(Cc1cccs1)C1CCc2ccccc21. The van der Waals surface area contributed by atoms with E-state index in [-0.39, 0.29) is 0 Å². The highest BCUT2D eigenvalue weighted by Gasteiger charge is 2.27. The molecule has 1 aromatic heterocycles. The second-order valence-corrected chi connectivity index (χ2v) is 5.97. The van der Waals surface area contributed by atoms with E-state index in [1.54, 1.807) is 11.3 Å². The van der Waals surface area contributed by atoms with Gasteiger partial charge in [-0.05, 0) is 35.4 Å². The molecule has 0 aliphatic heterocycles. The average Bonchev–Trinajstić information content (AvgIpc) is 3.07. The average molecular weight is 267 g/mol. The first-order valence-electron chi connectivity index (χ1n) is 6.66. The maximum atomic E-state index is 5.56. The van der Waals surface area contributed by atoms with Crippen molar-refractivity contribution in [2.45, 2.75) is 25.4 Å². The number of nitrogens with zero attached hydrogens (tertiary/aromatic N) is 1. The van der Waals surface area contributed by atoms with Crippen molar-refractivity contribution in [3.8, 4) is 12.3 Å². The fourth-order valence-corrected chi connectivity index (χ4v) is 3.64. The molecule has 0 saturated heterocycles. The van der Waals surface area contributed by atoms with Gasteiger partial charge < -0.3 is 0 Å². The number of aryl methyl sites for hydroxylation is 1. The second kappa shape index (κ2) is 5.61. The van der Waals surface area contributed by atoms with E-state index < -0.39 is 0 Å². The Hall–Kier alpha value is -1.56. The van der Waals surface area contributed by atoms with E-state index in [4.69, 9.17) is 6.42 Å². The van der Waals surface area contributed by atoms with E-state index in [2.05, 4.69) is 52.6 Å². The molecule has 1 atom stereocenters. The normalized spacial score (nSPS) is 17.4. The molecule has 1 aliphatic carbocycles. The molecule has 0 amide bonds. The number of rotatable bonds is 4. The van der Waals surface area contributed by atoms with Crippen LogP contribution in [0.3, 0.4) is 0 Å². The Morgan fingerprint density at radius 1 is 1.26 bits per heavy atom. The molecule has 0 fully saturated rings. The number of benzene rings is 1. The Morgan fingerprint density at radius 2 is 2.16 bits per heavy atom. The highest BCUT2D eigenvalue weighted by atomic mass is 32.1. The van der Waals surface area contributed by atoms with Crippen LogP contribution < -0.4 is 0 Å². The molecular weight excluding hydrogens is 250 g/mol. The summed E-state index contributed by atoms with van der Waals surface area (Å²) in [6.07, 6.45) is 7.92. The number of hydrogen-bond acceptors (Lipinski definition) is 2. The van der Waals surface area contributed by atoms with Crippen LogP contribution in [0.4, 0.5) is 0 Å². The van der Waals surface area contributed by atoms with E-state index in [1.807, 2.05) is 0 Å². The summed E-state index contributed by atoms with van der Waals surface area (Å²) in [4.78, 5) is 3.82. The van der Waals surface area contributed by atoms with Gasteiger partial charge in [0.05, 0.1) is 6.54 Å². The van der Waals surface area contributed by atoms with Crippen LogP contribution in [0.25, 0.3) is 0 Å². The van der Waals surface area contributed by atoms with E-state index in [1.165, 1.54) is 28.8 Å². The van der Waals surface area contributed by atoms with Crippen molar-refractivity contribution in [3.63, 3.8) is 0 Å². The Morgan fingerprint density at radius 3 is 2.95 bits per heavy atom. The maximum absolute atomic E-state index is 5.56. The molecule has 1 aromatic carbocycles. The van der Waals surface area contributed by atoms with Crippen LogP contribution in [0, 0.1) is 12.3 Å². The lowest BCUT2D eigenvalue weighted by Crippen LogP contribution is -2.27. The molecule has 1 heterocycles. The van der Waals surface area contributed by atoms with Gasteiger partial charge in [-0.25, -0.2) is 0 Å². The van der Waals surface area contributed by atoms with Gasteiger partial charge in [-0.1, -0.05) is 36.3 Å². The first-order chi connectivity index (χ1) is 9.38. The predicted molar refractivity (Wildman–Crippen MR) is 81.1 cm³/mol. The van der Waals surface area contributed by atoms with Crippen molar-refractivity contribution in [2.75, 3.05) is 6.54 Å². The third-order valence-corrected chi connectivity index (χ3v) is 4.64. The van der Waals surface area contributed by atoms with Crippen molar-refractivity contribution < 1.29 is 0 Å². The molecule has 19 heavy (non-hydrogen) atoms. The summed E-state index contributed by atoms with van der Waals surface area (Å²) >= 11 is 1.81. The first kappa shape index (κ1) is 12.5. The van der Waals surface area contributed by atoms with Crippen molar-refractivity contribution >= 4 is 11.3 Å². The van der Waals surface area contributed by atoms with E-state index in [9.17, 15) is 0 Å². The van der Waals surface area contributed by atoms with Gasteiger partial charge in [0.15, 0.2) is 0 Å². The Kier molecular flexibility index (Phi) is 3.68. The largest absolute Gasteiger partial charge is 0.280 e. The molecule has 0 bridgehead atoms. The van der Waals surface area contributed by atoms with Gasteiger partial charge in [-0.3, -0.25) is 4.90 Å². The Labute approximate surface area is 118 Å². The molecule has 0 radical (unpaired) electrons. The van der Waals surface area contributed by atoms with Crippen molar-refractivity contribution in [1.29, 1.82) is 0 Å². The Bertz CT molecular complexity index is 580. The summed E-state index contributed by atoms with van der Waals surface area (Å²) in [6, 6.07) is 13.5. The van der Waals surface area contributed by atoms with Gasteiger partial charge in [0, 0.05) is 17.5 Å². The van der Waals surface area contributed by atoms with Gasteiger partial charge in [0.2, 0.25) is 0 Å². The molecule has 2 aromatic rings. The number of terminal acetylenes is 1. The first-order valence-corrected chi connectivity index (χ1v) is 7.54. The Balaban J connectivity index is 1.84. The molecule has 3 rings (SSSR count).